The molecule has 2 aliphatic rings. The zero-order chi connectivity index (χ0) is 12.9. The molecule has 0 spiro atoms. The van der Waals surface area contributed by atoms with Gasteiger partial charge >= 0.3 is 0 Å². The molecule has 1 aliphatic heterocycles. The highest BCUT2D eigenvalue weighted by Gasteiger charge is 2.53. The lowest BCUT2D eigenvalue weighted by Crippen LogP contribution is -2.35. The highest BCUT2D eigenvalue weighted by Crippen LogP contribution is 2.44. The number of carbonyl (C=O) groups is 2. The van der Waals surface area contributed by atoms with E-state index in [0.29, 0.717) is 11.7 Å². The number of rotatable bonds is 2. The molecule has 2 heterocycles. The quantitative estimate of drug-likeness (QED) is 0.761. The Labute approximate surface area is 104 Å². The van der Waals surface area contributed by atoms with E-state index in [1.54, 1.807) is 6.92 Å². The van der Waals surface area contributed by atoms with Crippen molar-refractivity contribution in [1.82, 2.24) is 25.5 Å². The van der Waals surface area contributed by atoms with Gasteiger partial charge in [0.25, 0.3) is 0 Å². The molecule has 2 amide bonds. The van der Waals surface area contributed by atoms with Crippen LogP contribution in [0.2, 0.25) is 0 Å². The molecule has 3 rings (SSSR count). The maximum absolute atomic E-state index is 12.3. The van der Waals surface area contributed by atoms with Gasteiger partial charge in [-0.1, -0.05) is 12.1 Å². The van der Waals surface area contributed by atoms with Gasteiger partial charge in [-0.2, -0.15) is 5.21 Å². The first-order chi connectivity index (χ1) is 8.59. The standard InChI is InChI=1S/C11H15N5O2/c1-5-3-7-8(4-5)11(18)16(10(7)17)6(2)9-12-14-15-13-9/h5-8H,3-4H2,1-2H3,(H,12,13,14,15). The number of fused-ring (bicyclic) bond motifs is 1. The Hall–Kier alpha value is -1.79. The first-order valence-electron chi connectivity index (χ1n) is 6.20. The number of aromatic nitrogens is 4. The summed E-state index contributed by atoms with van der Waals surface area (Å²) >= 11 is 0. The van der Waals surface area contributed by atoms with Crippen LogP contribution in [-0.2, 0) is 9.59 Å². The smallest absolute Gasteiger partial charge is 0.233 e. The Morgan fingerprint density at radius 2 is 1.89 bits per heavy atom. The Morgan fingerprint density at radius 1 is 1.28 bits per heavy atom. The summed E-state index contributed by atoms with van der Waals surface area (Å²) in [6, 6.07) is -0.440. The number of carbonyl (C=O) groups excluding carboxylic acids is 2. The molecular formula is C11H15N5O2. The molecule has 1 N–H and O–H groups in total. The fourth-order valence-corrected chi connectivity index (χ4v) is 3.15. The van der Waals surface area contributed by atoms with Gasteiger partial charge in [0.1, 0.15) is 6.04 Å². The van der Waals surface area contributed by atoms with Crippen LogP contribution in [0, 0.1) is 17.8 Å². The van der Waals surface area contributed by atoms with Crippen molar-refractivity contribution in [1.29, 1.82) is 0 Å². The molecule has 2 fully saturated rings. The second-order valence-electron chi connectivity index (χ2n) is 5.28. The van der Waals surface area contributed by atoms with E-state index in [2.05, 4.69) is 27.5 Å². The molecule has 96 valence electrons. The summed E-state index contributed by atoms with van der Waals surface area (Å²) in [7, 11) is 0. The summed E-state index contributed by atoms with van der Waals surface area (Å²) in [4.78, 5) is 25.9. The molecular weight excluding hydrogens is 234 g/mol. The summed E-state index contributed by atoms with van der Waals surface area (Å²) in [5.74, 6) is 0.405. The molecule has 3 unspecified atom stereocenters. The van der Waals surface area contributed by atoms with Crippen molar-refractivity contribution in [2.24, 2.45) is 17.8 Å². The number of nitrogens with zero attached hydrogens (tertiary/aromatic N) is 4. The van der Waals surface area contributed by atoms with E-state index in [9.17, 15) is 9.59 Å². The second-order valence-corrected chi connectivity index (χ2v) is 5.28. The third kappa shape index (κ3) is 1.46. The Kier molecular flexibility index (Phi) is 2.42. The van der Waals surface area contributed by atoms with E-state index in [4.69, 9.17) is 0 Å². The van der Waals surface area contributed by atoms with Crippen LogP contribution in [0.4, 0.5) is 0 Å². The molecule has 0 aromatic carbocycles. The number of tetrazole rings is 1. The third-order valence-electron chi connectivity index (χ3n) is 4.03. The molecule has 1 aromatic heterocycles. The fourth-order valence-electron chi connectivity index (χ4n) is 3.15. The number of amides is 2. The molecule has 0 radical (unpaired) electrons. The SMILES string of the molecule is CC1CC2C(=O)N(C(C)c3nn[nH]n3)C(=O)C2C1. The topological polar surface area (TPSA) is 91.8 Å². The molecule has 18 heavy (non-hydrogen) atoms. The van der Waals surface area contributed by atoms with Crippen molar-refractivity contribution in [2.75, 3.05) is 0 Å². The van der Waals surface area contributed by atoms with E-state index in [-0.39, 0.29) is 23.7 Å². The fraction of sp³-hybridized carbons (Fsp3) is 0.727. The number of imide groups is 1. The van der Waals surface area contributed by atoms with Crippen molar-refractivity contribution in [3.63, 3.8) is 0 Å². The van der Waals surface area contributed by atoms with Crippen molar-refractivity contribution >= 4 is 11.8 Å². The van der Waals surface area contributed by atoms with Crippen molar-refractivity contribution < 1.29 is 9.59 Å². The first-order valence-corrected chi connectivity index (χ1v) is 6.20. The Bertz CT molecular complexity index is 462. The van der Waals surface area contributed by atoms with Gasteiger partial charge in [-0.05, 0) is 25.7 Å². The monoisotopic (exact) mass is 249 g/mol. The van der Waals surface area contributed by atoms with Crippen LogP contribution >= 0.6 is 0 Å². The molecule has 1 saturated carbocycles. The highest BCUT2D eigenvalue weighted by atomic mass is 16.2. The molecule has 0 bridgehead atoms. The number of H-pyrrole nitrogens is 1. The molecule has 1 saturated heterocycles. The van der Waals surface area contributed by atoms with Crippen LogP contribution in [0.5, 0.6) is 0 Å². The number of aromatic amines is 1. The summed E-state index contributed by atoms with van der Waals surface area (Å²) in [5, 5.41) is 13.5. The van der Waals surface area contributed by atoms with Gasteiger partial charge in [0.05, 0.1) is 11.8 Å². The minimum absolute atomic E-state index is 0.0772. The maximum Gasteiger partial charge on any atom is 0.233 e. The van der Waals surface area contributed by atoms with Crippen LogP contribution in [0.25, 0.3) is 0 Å². The first kappa shape index (κ1) is 11.3. The summed E-state index contributed by atoms with van der Waals surface area (Å²) in [6.07, 6.45) is 1.62. The molecule has 7 heteroatoms. The number of hydrogen-bond acceptors (Lipinski definition) is 5. The van der Waals surface area contributed by atoms with E-state index >= 15 is 0 Å². The molecule has 1 aliphatic carbocycles. The largest absolute Gasteiger partial charge is 0.274 e. The van der Waals surface area contributed by atoms with Crippen molar-refractivity contribution in [2.45, 2.75) is 32.7 Å². The molecule has 7 nitrogen and oxygen atoms in total. The number of likely N-dealkylation sites (tertiary alicyclic amines) is 1. The highest BCUT2D eigenvalue weighted by molar-refractivity contribution is 6.05. The van der Waals surface area contributed by atoms with Gasteiger partial charge in [0.15, 0.2) is 5.82 Å². The lowest BCUT2D eigenvalue weighted by atomic mass is 10.00. The predicted octanol–water partition coefficient (Wildman–Crippen LogP) is 0.292. The molecule has 1 aromatic rings. The third-order valence-corrected chi connectivity index (χ3v) is 4.03. The van der Waals surface area contributed by atoms with Gasteiger partial charge in [0, 0.05) is 0 Å². The van der Waals surface area contributed by atoms with Crippen LogP contribution in [0.3, 0.4) is 0 Å². The zero-order valence-electron chi connectivity index (χ0n) is 10.3. The Balaban J connectivity index is 1.87. The van der Waals surface area contributed by atoms with Crippen LogP contribution in [-0.4, -0.2) is 37.3 Å². The van der Waals surface area contributed by atoms with Crippen molar-refractivity contribution in [3.8, 4) is 0 Å². The summed E-state index contributed by atoms with van der Waals surface area (Å²) in [6.45, 7) is 3.84. The van der Waals surface area contributed by atoms with Gasteiger partial charge in [-0.15, -0.1) is 10.2 Å². The van der Waals surface area contributed by atoms with E-state index in [0.717, 1.165) is 12.8 Å². The van der Waals surface area contributed by atoms with Crippen LogP contribution in [0.1, 0.15) is 38.6 Å². The van der Waals surface area contributed by atoms with Crippen molar-refractivity contribution in [3.05, 3.63) is 5.82 Å². The zero-order valence-corrected chi connectivity index (χ0v) is 10.3. The Morgan fingerprint density at radius 3 is 2.39 bits per heavy atom. The maximum atomic E-state index is 12.3. The lowest BCUT2D eigenvalue weighted by Gasteiger charge is -2.21. The van der Waals surface area contributed by atoms with Gasteiger partial charge in [-0.25, -0.2) is 0 Å². The van der Waals surface area contributed by atoms with Crippen LogP contribution in [0.15, 0.2) is 0 Å². The van der Waals surface area contributed by atoms with E-state index < -0.39 is 6.04 Å². The minimum Gasteiger partial charge on any atom is -0.274 e. The lowest BCUT2D eigenvalue weighted by molar-refractivity contribution is -0.143. The average Bonchev–Trinajstić information content (AvgIpc) is 3.00. The average molecular weight is 249 g/mol. The predicted molar refractivity (Wildman–Crippen MR) is 59.8 cm³/mol. The van der Waals surface area contributed by atoms with E-state index in [1.807, 2.05) is 0 Å². The minimum atomic E-state index is -0.440. The van der Waals surface area contributed by atoms with Gasteiger partial charge < -0.3 is 0 Å². The summed E-state index contributed by atoms with van der Waals surface area (Å²) in [5.41, 5.74) is 0. The second kappa shape index (κ2) is 3.86. The van der Waals surface area contributed by atoms with E-state index in [1.165, 1.54) is 4.90 Å². The number of nitrogens with one attached hydrogen (secondary N) is 1. The normalized spacial score (nSPS) is 33.0. The summed E-state index contributed by atoms with van der Waals surface area (Å²) < 4.78 is 0. The van der Waals surface area contributed by atoms with Gasteiger partial charge in [0.2, 0.25) is 11.8 Å². The molecule has 3 atom stereocenters. The van der Waals surface area contributed by atoms with Gasteiger partial charge in [-0.3, -0.25) is 14.5 Å². The van der Waals surface area contributed by atoms with Crippen LogP contribution < -0.4 is 0 Å². The number of hydrogen-bond donors (Lipinski definition) is 1.